The lowest BCUT2D eigenvalue weighted by atomic mass is 9.89. The molecule has 0 aliphatic carbocycles. The van der Waals surface area contributed by atoms with Gasteiger partial charge >= 0.3 is 6.18 Å². The molecule has 0 fully saturated rings. The number of aliphatic imine (C=N–C) groups is 1. The van der Waals surface area contributed by atoms with Gasteiger partial charge < -0.3 is 21.5 Å². The van der Waals surface area contributed by atoms with Crippen LogP contribution in [0.4, 0.5) is 28.9 Å². The summed E-state index contributed by atoms with van der Waals surface area (Å²) >= 11 is 0. The van der Waals surface area contributed by atoms with Gasteiger partial charge in [-0.1, -0.05) is 0 Å². The van der Waals surface area contributed by atoms with Gasteiger partial charge in [-0.2, -0.15) is 18.4 Å². The molecule has 1 aliphatic rings. The highest BCUT2D eigenvalue weighted by Gasteiger charge is 2.59. The van der Waals surface area contributed by atoms with Crippen LogP contribution in [-0.2, 0) is 10.3 Å². The summed E-state index contributed by atoms with van der Waals surface area (Å²) in [7, 11) is 0. The first kappa shape index (κ1) is 23.0. The van der Waals surface area contributed by atoms with Crippen molar-refractivity contribution >= 4 is 23.1 Å². The van der Waals surface area contributed by atoms with E-state index in [0.29, 0.717) is 0 Å². The molecule has 2 aromatic rings. The van der Waals surface area contributed by atoms with Gasteiger partial charge in [-0.15, -0.1) is 0 Å². The summed E-state index contributed by atoms with van der Waals surface area (Å²) in [6, 6.07) is 6.59. The van der Waals surface area contributed by atoms with Crippen LogP contribution in [-0.4, -0.2) is 35.1 Å². The highest BCUT2D eigenvalue weighted by molar-refractivity contribution is 6.06. The van der Waals surface area contributed by atoms with Crippen molar-refractivity contribution in [2.45, 2.75) is 31.2 Å². The minimum atomic E-state index is -4.82. The third-order valence-electron chi connectivity index (χ3n) is 5.10. The highest BCUT2D eigenvalue weighted by Crippen LogP contribution is 2.41. The summed E-state index contributed by atoms with van der Waals surface area (Å²) in [5.41, 5.74) is 6.86. The molecule has 2 unspecified atom stereocenters. The number of benzene rings is 1. The van der Waals surface area contributed by atoms with Crippen molar-refractivity contribution < 1.29 is 27.1 Å². The Labute approximate surface area is 179 Å². The molecule has 0 radical (unpaired) electrons. The molecule has 0 bridgehead atoms. The predicted molar refractivity (Wildman–Crippen MR) is 107 cm³/mol. The number of carbonyl (C=O) groups is 1. The lowest BCUT2D eigenvalue weighted by molar-refractivity contribution is -0.249. The third kappa shape index (κ3) is 3.94. The van der Waals surface area contributed by atoms with Crippen molar-refractivity contribution in [1.82, 2.24) is 4.98 Å². The zero-order chi connectivity index (χ0) is 23.9. The Morgan fingerprint density at radius 3 is 2.53 bits per heavy atom. The van der Waals surface area contributed by atoms with Crippen molar-refractivity contribution in [2.75, 3.05) is 17.7 Å². The number of pyridine rings is 1. The van der Waals surface area contributed by atoms with Gasteiger partial charge in [0.05, 0.1) is 17.9 Å². The standard InChI is InChI=1S/C20H18F4N6O2/c1-18(9-32-19(2,17(27)30-18)20(22,23)24)12-6-11(3-4-13(12)21)29-16(31)15-14(26)5-10(7-25)8-28-15/h3-6,8H,9,26H2,1-2H3,(H2,27,30)(H,29,31). The second-order valence-electron chi connectivity index (χ2n) is 7.51. The van der Waals surface area contributed by atoms with Crippen molar-refractivity contribution in [1.29, 1.82) is 5.26 Å². The number of nitrogen functional groups attached to an aromatic ring is 1. The summed E-state index contributed by atoms with van der Waals surface area (Å²) < 4.78 is 59.6. The fourth-order valence-electron chi connectivity index (χ4n) is 3.07. The van der Waals surface area contributed by atoms with Gasteiger partial charge in [-0.3, -0.25) is 9.79 Å². The van der Waals surface area contributed by atoms with Crippen LogP contribution in [0, 0.1) is 17.1 Å². The number of nitrogens with two attached hydrogens (primary N) is 2. The summed E-state index contributed by atoms with van der Waals surface area (Å²) in [5, 5.41) is 11.3. The number of hydrogen-bond donors (Lipinski definition) is 3. The number of aromatic nitrogens is 1. The first-order valence-electron chi connectivity index (χ1n) is 9.14. The molecule has 12 heteroatoms. The Balaban J connectivity index is 1.93. The summed E-state index contributed by atoms with van der Waals surface area (Å²) in [5.74, 6) is -2.36. The number of hydrogen-bond acceptors (Lipinski definition) is 7. The number of alkyl halides is 3. The first-order valence-corrected chi connectivity index (χ1v) is 9.14. The van der Waals surface area contributed by atoms with Gasteiger partial charge in [0, 0.05) is 17.4 Å². The van der Waals surface area contributed by atoms with E-state index in [-0.39, 0.29) is 28.2 Å². The van der Waals surface area contributed by atoms with E-state index in [1.54, 1.807) is 0 Å². The third-order valence-corrected chi connectivity index (χ3v) is 5.10. The topological polar surface area (TPSA) is 139 Å². The quantitative estimate of drug-likeness (QED) is 0.615. The predicted octanol–water partition coefficient (Wildman–Crippen LogP) is 2.85. The van der Waals surface area contributed by atoms with Gasteiger partial charge in [0.25, 0.3) is 5.91 Å². The molecule has 1 aliphatic heterocycles. The van der Waals surface area contributed by atoms with E-state index in [4.69, 9.17) is 21.5 Å². The Kier molecular flexibility index (Phi) is 5.56. The van der Waals surface area contributed by atoms with Gasteiger partial charge in [0.15, 0.2) is 5.69 Å². The fourth-order valence-corrected chi connectivity index (χ4v) is 3.07. The van der Waals surface area contributed by atoms with E-state index in [2.05, 4.69) is 15.3 Å². The maximum atomic E-state index is 14.6. The number of anilines is 2. The van der Waals surface area contributed by atoms with Crippen LogP contribution >= 0.6 is 0 Å². The van der Waals surface area contributed by atoms with Crippen LogP contribution in [0.3, 0.4) is 0 Å². The second-order valence-corrected chi connectivity index (χ2v) is 7.51. The lowest BCUT2D eigenvalue weighted by Crippen LogP contribution is -2.60. The van der Waals surface area contributed by atoms with Crippen LogP contribution in [0.25, 0.3) is 0 Å². The van der Waals surface area contributed by atoms with E-state index in [1.807, 2.05) is 6.07 Å². The van der Waals surface area contributed by atoms with Crippen LogP contribution in [0.2, 0.25) is 0 Å². The molecule has 2 heterocycles. The van der Waals surface area contributed by atoms with Crippen molar-refractivity contribution in [3.8, 4) is 6.07 Å². The maximum absolute atomic E-state index is 14.6. The monoisotopic (exact) mass is 450 g/mol. The Morgan fingerprint density at radius 2 is 1.97 bits per heavy atom. The Hall–Kier alpha value is -3.72. The number of carbonyl (C=O) groups excluding carboxylic acids is 1. The van der Waals surface area contributed by atoms with E-state index in [9.17, 15) is 22.4 Å². The minimum Gasteiger partial charge on any atom is -0.397 e. The molecule has 32 heavy (non-hydrogen) atoms. The largest absolute Gasteiger partial charge is 0.424 e. The molecule has 5 N–H and O–H groups in total. The van der Waals surface area contributed by atoms with Crippen LogP contribution in [0.5, 0.6) is 0 Å². The van der Waals surface area contributed by atoms with E-state index < -0.39 is 41.5 Å². The number of amides is 1. The minimum absolute atomic E-state index is 0.0414. The first-order chi connectivity index (χ1) is 14.8. The van der Waals surface area contributed by atoms with Crippen LogP contribution in [0.15, 0.2) is 35.5 Å². The molecule has 2 atom stereocenters. The highest BCUT2D eigenvalue weighted by atomic mass is 19.4. The van der Waals surface area contributed by atoms with Gasteiger partial charge in [0.1, 0.15) is 23.3 Å². The number of nitrogens with zero attached hydrogens (tertiary/aromatic N) is 3. The van der Waals surface area contributed by atoms with E-state index >= 15 is 0 Å². The number of nitriles is 1. The molecule has 0 saturated carbocycles. The SMILES string of the molecule is CC1(c2cc(NC(=O)c3ncc(C#N)cc3N)ccc2F)COC(C)(C(F)(F)F)C(N)=N1. The zero-order valence-corrected chi connectivity index (χ0v) is 16.9. The van der Waals surface area contributed by atoms with Crippen molar-refractivity contribution in [3.63, 3.8) is 0 Å². The molecule has 0 saturated heterocycles. The van der Waals surface area contributed by atoms with Gasteiger partial charge in [0.2, 0.25) is 5.60 Å². The molecular formula is C20H18F4N6O2. The van der Waals surface area contributed by atoms with Crippen molar-refractivity contribution in [2.24, 2.45) is 10.7 Å². The van der Waals surface area contributed by atoms with Crippen molar-refractivity contribution in [3.05, 3.63) is 53.1 Å². The average molecular weight is 450 g/mol. The number of nitrogens with one attached hydrogen (secondary N) is 1. The summed E-state index contributed by atoms with van der Waals surface area (Å²) in [4.78, 5) is 20.3. The smallest absolute Gasteiger partial charge is 0.397 e. The van der Waals surface area contributed by atoms with Gasteiger partial charge in [-0.25, -0.2) is 9.37 Å². The number of amidine groups is 1. The molecule has 1 aromatic heterocycles. The van der Waals surface area contributed by atoms with E-state index in [0.717, 1.165) is 19.2 Å². The lowest BCUT2D eigenvalue weighted by Gasteiger charge is -2.41. The van der Waals surface area contributed by atoms with E-state index in [1.165, 1.54) is 25.1 Å². The second kappa shape index (κ2) is 7.76. The maximum Gasteiger partial charge on any atom is 0.424 e. The number of rotatable bonds is 3. The fraction of sp³-hybridized carbons (Fsp3) is 0.300. The number of halogens is 4. The Morgan fingerprint density at radius 1 is 1.28 bits per heavy atom. The zero-order valence-electron chi connectivity index (χ0n) is 16.9. The van der Waals surface area contributed by atoms with Gasteiger partial charge in [-0.05, 0) is 38.1 Å². The Bertz CT molecular complexity index is 1160. The molecular weight excluding hydrogens is 432 g/mol. The molecule has 168 valence electrons. The number of ether oxygens (including phenoxy) is 1. The molecule has 3 rings (SSSR count). The molecule has 0 spiro atoms. The van der Waals surface area contributed by atoms with Crippen LogP contribution in [0.1, 0.15) is 35.5 Å². The van der Waals surface area contributed by atoms with Crippen LogP contribution < -0.4 is 16.8 Å². The molecule has 1 aromatic carbocycles. The normalized spacial score (nSPS) is 23.2. The summed E-state index contributed by atoms with van der Waals surface area (Å²) in [6.45, 7) is 1.50. The summed E-state index contributed by atoms with van der Waals surface area (Å²) in [6.07, 6.45) is -3.65. The molecule has 8 nitrogen and oxygen atoms in total. The average Bonchev–Trinajstić information content (AvgIpc) is 2.71. The molecule has 1 amide bonds.